The molecule has 32 heavy (non-hydrogen) atoms. The number of hydrogen-bond acceptors (Lipinski definition) is 6. The average Bonchev–Trinajstić information content (AvgIpc) is 3.17. The van der Waals surface area contributed by atoms with Crippen molar-refractivity contribution in [1.29, 1.82) is 0 Å². The second-order valence-corrected chi connectivity index (χ2v) is 8.52. The van der Waals surface area contributed by atoms with Crippen LogP contribution in [-0.4, -0.2) is 67.5 Å². The van der Waals surface area contributed by atoms with Crippen LogP contribution in [0.3, 0.4) is 0 Å². The van der Waals surface area contributed by atoms with Gasteiger partial charge in [0.2, 0.25) is 11.8 Å². The first kappa shape index (κ1) is 22.0. The SMILES string of the molecule is COc1ccc(-c2ccc3c(c2)C(=O)N2CCC(NC(=O)CSC)C2C(=O)N3)c(OC)c1. The molecule has 0 aromatic heterocycles. The lowest BCUT2D eigenvalue weighted by atomic mass is 10.00. The molecule has 9 heteroatoms. The first-order chi connectivity index (χ1) is 15.5. The minimum absolute atomic E-state index is 0.139. The number of methoxy groups -OCH3 is 2. The highest BCUT2D eigenvalue weighted by atomic mass is 32.2. The molecule has 168 valence electrons. The molecule has 2 unspecified atom stereocenters. The fourth-order valence-corrected chi connectivity index (χ4v) is 4.62. The zero-order valence-electron chi connectivity index (χ0n) is 18.1. The number of nitrogens with one attached hydrogen (secondary N) is 2. The number of anilines is 1. The zero-order chi connectivity index (χ0) is 22.8. The Labute approximate surface area is 190 Å². The van der Waals surface area contributed by atoms with Crippen molar-refractivity contribution in [2.24, 2.45) is 0 Å². The van der Waals surface area contributed by atoms with Gasteiger partial charge in [0.25, 0.3) is 5.91 Å². The molecule has 2 aliphatic heterocycles. The molecule has 0 spiro atoms. The van der Waals surface area contributed by atoms with E-state index >= 15 is 0 Å². The average molecular weight is 456 g/mol. The molecule has 1 fully saturated rings. The minimum Gasteiger partial charge on any atom is -0.497 e. The van der Waals surface area contributed by atoms with Gasteiger partial charge in [0.15, 0.2) is 0 Å². The normalized spacial score (nSPS) is 19.5. The van der Waals surface area contributed by atoms with Gasteiger partial charge in [0.1, 0.15) is 17.5 Å². The van der Waals surface area contributed by atoms with Crippen LogP contribution in [0.5, 0.6) is 11.5 Å². The number of hydrogen-bond donors (Lipinski definition) is 2. The van der Waals surface area contributed by atoms with Gasteiger partial charge in [0, 0.05) is 18.2 Å². The van der Waals surface area contributed by atoms with Crippen LogP contribution in [0.2, 0.25) is 0 Å². The van der Waals surface area contributed by atoms with Crippen LogP contribution >= 0.6 is 11.8 Å². The molecule has 3 amide bonds. The Balaban J connectivity index is 1.67. The smallest absolute Gasteiger partial charge is 0.256 e. The van der Waals surface area contributed by atoms with Crippen LogP contribution in [0.25, 0.3) is 11.1 Å². The number of rotatable bonds is 6. The van der Waals surface area contributed by atoms with Gasteiger partial charge in [0.05, 0.1) is 37.3 Å². The lowest BCUT2D eigenvalue weighted by Crippen LogP contribution is -2.51. The lowest BCUT2D eigenvalue weighted by Gasteiger charge is -2.24. The molecule has 2 aromatic carbocycles. The van der Waals surface area contributed by atoms with E-state index in [0.717, 1.165) is 11.1 Å². The van der Waals surface area contributed by atoms with E-state index < -0.39 is 12.1 Å². The van der Waals surface area contributed by atoms with Crippen molar-refractivity contribution in [3.63, 3.8) is 0 Å². The van der Waals surface area contributed by atoms with E-state index in [1.807, 2.05) is 24.5 Å². The van der Waals surface area contributed by atoms with Crippen molar-refractivity contribution in [2.75, 3.05) is 38.1 Å². The maximum Gasteiger partial charge on any atom is 0.256 e. The van der Waals surface area contributed by atoms with Crippen LogP contribution in [0.1, 0.15) is 16.8 Å². The maximum atomic E-state index is 13.4. The molecule has 2 aromatic rings. The van der Waals surface area contributed by atoms with Crippen molar-refractivity contribution in [3.05, 3.63) is 42.0 Å². The van der Waals surface area contributed by atoms with Crippen molar-refractivity contribution in [2.45, 2.75) is 18.5 Å². The van der Waals surface area contributed by atoms with E-state index in [4.69, 9.17) is 9.47 Å². The summed E-state index contributed by atoms with van der Waals surface area (Å²) in [5, 5.41) is 5.78. The molecular weight excluding hydrogens is 430 g/mol. The van der Waals surface area contributed by atoms with Crippen molar-refractivity contribution in [3.8, 4) is 22.6 Å². The topological polar surface area (TPSA) is 97.0 Å². The lowest BCUT2D eigenvalue weighted by molar-refractivity contribution is -0.122. The van der Waals surface area contributed by atoms with Crippen LogP contribution in [0, 0.1) is 0 Å². The van der Waals surface area contributed by atoms with E-state index in [9.17, 15) is 14.4 Å². The number of carbonyl (C=O) groups is 3. The fourth-order valence-electron chi connectivity index (χ4n) is 4.27. The van der Waals surface area contributed by atoms with Crippen LogP contribution in [-0.2, 0) is 9.59 Å². The van der Waals surface area contributed by atoms with Gasteiger partial charge in [-0.05, 0) is 42.5 Å². The summed E-state index contributed by atoms with van der Waals surface area (Å²) in [4.78, 5) is 40.1. The molecule has 2 atom stereocenters. The molecule has 8 nitrogen and oxygen atoms in total. The van der Waals surface area contributed by atoms with Gasteiger partial charge in [-0.2, -0.15) is 11.8 Å². The quantitative estimate of drug-likeness (QED) is 0.694. The number of carbonyl (C=O) groups excluding carboxylic acids is 3. The van der Waals surface area contributed by atoms with Gasteiger partial charge in [-0.3, -0.25) is 14.4 Å². The Hall–Kier alpha value is -3.20. The van der Waals surface area contributed by atoms with Gasteiger partial charge >= 0.3 is 0 Å². The van der Waals surface area contributed by atoms with Gasteiger partial charge in [-0.15, -0.1) is 0 Å². The maximum absolute atomic E-state index is 13.4. The first-order valence-corrected chi connectivity index (χ1v) is 11.6. The number of benzene rings is 2. The van der Waals surface area contributed by atoms with Crippen molar-refractivity contribution < 1.29 is 23.9 Å². The molecule has 0 aliphatic carbocycles. The predicted octanol–water partition coefficient (Wildman–Crippen LogP) is 2.39. The van der Waals surface area contributed by atoms with E-state index in [2.05, 4.69) is 10.6 Å². The molecule has 4 rings (SSSR count). The molecule has 0 saturated carbocycles. The van der Waals surface area contributed by atoms with Gasteiger partial charge in [-0.1, -0.05) is 6.07 Å². The Kier molecular flexibility index (Phi) is 6.27. The largest absolute Gasteiger partial charge is 0.497 e. The predicted molar refractivity (Wildman–Crippen MR) is 123 cm³/mol. The molecule has 2 N–H and O–H groups in total. The van der Waals surface area contributed by atoms with Crippen molar-refractivity contribution in [1.82, 2.24) is 10.2 Å². The summed E-state index contributed by atoms with van der Waals surface area (Å²) in [7, 11) is 3.16. The molecule has 2 aliphatic rings. The molecule has 2 heterocycles. The van der Waals surface area contributed by atoms with Gasteiger partial charge in [-0.25, -0.2) is 0 Å². The van der Waals surface area contributed by atoms with Crippen LogP contribution < -0.4 is 20.1 Å². The van der Waals surface area contributed by atoms with Crippen LogP contribution in [0.15, 0.2) is 36.4 Å². The van der Waals surface area contributed by atoms with E-state index in [0.29, 0.717) is 41.5 Å². The molecule has 0 radical (unpaired) electrons. The second kappa shape index (κ2) is 9.12. The first-order valence-electron chi connectivity index (χ1n) is 10.2. The summed E-state index contributed by atoms with van der Waals surface area (Å²) in [6.45, 7) is 0.399. The number of fused-ring (bicyclic) bond motifs is 2. The van der Waals surface area contributed by atoms with Gasteiger partial charge < -0.3 is 25.0 Å². The summed E-state index contributed by atoms with van der Waals surface area (Å²) in [6, 6.07) is 9.67. The Morgan fingerprint density at radius 2 is 1.97 bits per heavy atom. The summed E-state index contributed by atoms with van der Waals surface area (Å²) < 4.78 is 10.8. The number of nitrogens with zero attached hydrogens (tertiary/aromatic N) is 1. The number of ether oxygens (including phenoxy) is 2. The summed E-state index contributed by atoms with van der Waals surface area (Å²) in [5.74, 6) is 0.924. The fraction of sp³-hybridized carbons (Fsp3) is 0.348. The van der Waals surface area contributed by atoms with E-state index in [1.165, 1.54) is 11.8 Å². The van der Waals surface area contributed by atoms with Crippen LogP contribution in [0.4, 0.5) is 5.69 Å². The molecular formula is C23H25N3O5S. The Morgan fingerprint density at radius 1 is 1.16 bits per heavy atom. The molecule has 1 saturated heterocycles. The number of thioether (sulfide) groups is 1. The summed E-state index contributed by atoms with van der Waals surface area (Å²) in [5.41, 5.74) is 2.46. The summed E-state index contributed by atoms with van der Waals surface area (Å²) in [6.07, 6.45) is 2.37. The zero-order valence-corrected chi connectivity index (χ0v) is 19.0. The molecule has 0 bridgehead atoms. The monoisotopic (exact) mass is 455 g/mol. The third kappa shape index (κ3) is 4.00. The third-order valence-electron chi connectivity index (χ3n) is 5.78. The second-order valence-electron chi connectivity index (χ2n) is 7.65. The third-order valence-corrected chi connectivity index (χ3v) is 6.33. The standard InChI is InChI=1S/C23H25N3O5S/c1-30-14-5-6-15(19(11-14)31-2)13-4-7-17-16(10-13)23(29)26-9-8-18(21(26)22(28)25-17)24-20(27)12-32-3/h4-7,10-11,18,21H,8-9,12H2,1-3H3,(H,24,27)(H,25,28). The van der Waals surface area contributed by atoms with Crippen molar-refractivity contribution >= 4 is 35.2 Å². The highest BCUT2D eigenvalue weighted by Gasteiger charge is 2.45. The van der Waals surface area contributed by atoms with E-state index in [1.54, 1.807) is 37.3 Å². The summed E-state index contributed by atoms with van der Waals surface area (Å²) >= 11 is 1.41. The highest BCUT2D eigenvalue weighted by molar-refractivity contribution is 7.99. The number of amides is 3. The Morgan fingerprint density at radius 3 is 2.69 bits per heavy atom. The Bertz CT molecular complexity index is 1070. The minimum atomic E-state index is -0.736. The highest BCUT2D eigenvalue weighted by Crippen LogP contribution is 2.37. The van der Waals surface area contributed by atoms with E-state index in [-0.39, 0.29) is 17.7 Å².